The van der Waals surface area contributed by atoms with Crippen molar-refractivity contribution in [3.8, 4) is 0 Å². The molecule has 2 aromatic carbocycles. The number of rotatable bonds is 1. The Labute approximate surface area is 117 Å². The Balaban J connectivity index is 2.14. The number of benzene rings is 2. The van der Waals surface area contributed by atoms with Crippen molar-refractivity contribution in [3.05, 3.63) is 69.2 Å². The summed E-state index contributed by atoms with van der Waals surface area (Å²) < 4.78 is 0. The van der Waals surface area contributed by atoms with Gasteiger partial charge in [-0.2, -0.15) is 0 Å². The predicted molar refractivity (Wildman–Crippen MR) is 76.2 cm³/mol. The average molecular weight is 278 g/mol. The molecule has 0 heterocycles. The van der Waals surface area contributed by atoms with E-state index >= 15 is 0 Å². The molecule has 0 saturated carbocycles. The van der Waals surface area contributed by atoms with Gasteiger partial charge in [-0.25, -0.2) is 0 Å². The van der Waals surface area contributed by atoms with E-state index in [0.717, 1.165) is 18.4 Å². The lowest BCUT2D eigenvalue weighted by Crippen LogP contribution is -2.35. The van der Waals surface area contributed by atoms with Gasteiger partial charge in [0, 0.05) is 0 Å². The maximum atomic E-state index is 6.61. The number of halogens is 2. The third kappa shape index (κ3) is 1.74. The lowest BCUT2D eigenvalue weighted by molar-refractivity contribution is 0.535. The monoisotopic (exact) mass is 277 g/mol. The largest absolute Gasteiger partial charge is 0.318 e. The second-order valence-corrected chi connectivity index (χ2v) is 5.57. The van der Waals surface area contributed by atoms with E-state index in [1.54, 1.807) is 0 Å². The Hall–Kier alpha value is -1.02. The molecule has 0 aromatic heterocycles. The summed E-state index contributed by atoms with van der Waals surface area (Å²) in [6.45, 7) is 0. The zero-order chi connectivity index (χ0) is 12.8. The highest BCUT2D eigenvalue weighted by Gasteiger charge is 2.36. The van der Waals surface area contributed by atoms with Crippen LogP contribution in [0.25, 0.3) is 0 Å². The number of hydrogen-bond donors (Lipinski definition) is 1. The van der Waals surface area contributed by atoms with Crippen LogP contribution in [0.5, 0.6) is 0 Å². The molecule has 1 unspecified atom stereocenters. The Kier molecular flexibility index (Phi) is 2.86. The van der Waals surface area contributed by atoms with Crippen molar-refractivity contribution in [1.82, 2.24) is 0 Å². The van der Waals surface area contributed by atoms with E-state index in [2.05, 4.69) is 18.2 Å². The molecule has 2 aromatic rings. The van der Waals surface area contributed by atoms with Crippen LogP contribution in [-0.2, 0) is 12.0 Å². The summed E-state index contributed by atoms with van der Waals surface area (Å²) in [6.07, 6.45) is 1.91. The number of hydrogen-bond acceptors (Lipinski definition) is 1. The molecule has 18 heavy (non-hydrogen) atoms. The topological polar surface area (TPSA) is 26.0 Å². The van der Waals surface area contributed by atoms with Crippen molar-refractivity contribution in [3.63, 3.8) is 0 Å². The lowest BCUT2D eigenvalue weighted by Gasteiger charge is -2.26. The van der Waals surface area contributed by atoms with Crippen LogP contribution in [0.1, 0.15) is 23.1 Å². The summed E-state index contributed by atoms with van der Waals surface area (Å²) in [5, 5.41) is 1.12. The van der Waals surface area contributed by atoms with Gasteiger partial charge in [0.2, 0.25) is 0 Å². The Morgan fingerprint density at radius 1 is 1.00 bits per heavy atom. The van der Waals surface area contributed by atoms with E-state index in [4.69, 9.17) is 28.9 Å². The van der Waals surface area contributed by atoms with E-state index in [9.17, 15) is 0 Å². The van der Waals surface area contributed by atoms with Gasteiger partial charge in [-0.15, -0.1) is 0 Å². The minimum Gasteiger partial charge on any atom is -0.318 e. The van der Waals surface area contributed by atoms with Crippen molar-refractivity contribution in [2.75, 3.05) is 0 Å². The molecule has 0 spiro atoms. The van der Waals surface area contributed by atoms with Crippen LogP contribution in [0.2, 0.25) is 10.0 Å². The molecule has 0 fully saturated rings. The quantitative estimate of drug-likeness (QED) is 0.833. The van der Waals surface area contributed by atoms with Crippen molar-refractivity contribution in [1.29, 1.82) is 0 Å². The molecular formula is C15H13Cl2N. The van der Waals surface area contributed by atoms with Crippen molar-refractivity contribution >= 4 is 23.2 Å². The van der Waals surface area contributed by atoms with Gasteiger partial charge in [0.05, 0.1) is 15.6 Å². The van der Waals surface area contributed by atoms with Crippen LogP contribution in [-0.4, -0.2) is 0 Å². The fraction of sp³-hybridized carbons (Fsp3) is 0.200. The summed E-state index contributed by atoms with van der Waals surface area (Å²) in [5.41, 5.74) is 9.72. The SMILES string of the molecule is NC1(c2ccc(Cl)c(Cl)c2)CCc2ccccc21. The van der Waals surface area contributed by atoms with E-state index < -0.39 is 5.54 Å². The highest BCUT2D eigenvalue weighted by Crippen LogP contribution is 2.41. The number of nitrogens with two attached hydrogens (primary N) is 1. The van der Waals surface area contributed by atoms with Gasteiger partial charge in [0.25, 0.3) is 0 Å². The van der Waals surface area contributed by atoms with E-state index in [1.807, 2.05) is 24.3 Å². The van der Waals surface area contributed by atoms with Gasteiger partial charge in [-0.1, -0.05) is 53.5 Å². The number of fused-ring (bicyclic) bond motifs is 1. The van der Waals surface area contributed by atoms with Gasteiger partial charge in [0.15, 0.2) is 0 Å². The van der Waals surface area contributed by atoms with E-state index in [0.29, 0.717) is 10.0 Å². The highest BCUT2D eigenvalue weighted by molar-refractivity contribution is 6.42. The maximum Gasteiger partial charge on any atom is 0.0671 e. The standard InChI is InChI=1S/C15H13Cl2N/c16-13-6-5-11(9-14(13)17)15(18)8-7-10-3-1-2-4-12(10)15/h1-6,9H,7-8,18H2. The smallest absolute Gasteiger partial charge is 0.0671 e. The maximum absolute atomic E-state index is 6.61. The Morgan fingerprint density at radius 3 is 2.56 bits per heavy atom. The summed E-state index contributed by atoms with van der Waals surface area (Å²) >= 11 is 12.1. The van der Waals surface area contributed by atoms with Crippen LogP contribution in [0.3, 0.4) is 0 Å². The molecule has 1 aliphatic carbocycles. The van der Waals surface area contributed by atoms with Crippen molar-refractivity contribution in [2.24, 2.45) is 5.73 Å². The van der Waals surface area contributed by atoms with Crippen LogP contribution >= 0.6 is 23.2 Å². The lowest BCUT2D eigenvalue weighted by atomic mass is 9.85. The molecule has 0 saturated heterocycles. The van der Waals surface area contributed by atoms with Gasteiger partial charge in [0.1, 0.15) is 0 Å². The zero-order valence-electron chi connectivity index (χ0n) is 9.79. The molecule has 1 nitrogen and oxygen atoms in total. The first kappa shape index (κ1) is 12.0. The summed E-state index contributed by atoms with van der Waals surface area (Å²) in [7, 11) is 0. The molecule has 0 radical (unpaired) electrons. The van der Waals surface area contributed by atoms with Gasteiger partial charge in [-0.3, -0.25) is 0 Å². The average Bonchev–Trinajstić information content (AvgIpc) is 2.73. The van der Waals surface area contributed by atoms with Crippen LogP contribution < -0.4 is 5.73 Å². The van der Waals surface area contributed by atoms with Crippen LogP contribution in [0.15, 0.2) is 42.5 Å². The number of aryl methyl sites for hydroxylation is 1. The first-order chi connectivity index (χ1) is 8.61. The second kappa shape index (κ2) is 4.27. The van der Waals surface area contributed by atoms with Gasteiger partial charge < -0.3 is 5.73 Å². The van der Waals surface area contributed by atoms with Crippen LogP contribution in [0, 0.1) is 0 Å². The minimum atomic E-state index is -0.440. The summed E-state index contributed by atoms with van der Waals surface area (Å²) in [4.78, 5) is 0. The van der Waals surface area contributed by atoms with Crippen molar-refractivity contribution < 1.29 is 0 Å². The van der Waals surface area contributed by atoms with Crippen molar-refractivity contribution in [2.45, 2.75) is 18.4 Å². The second-order valence-electron chi connectivity index (χ2n) is 4.76. The fourth-order valence-electron chi connectivity index (χ4n) is 2.71. The molecule has 1 atom stereocenters. The molecule has 0 aliphatic heterocycles. The molecule has 3 heteroatoms. The van der Waals surface area contributed by atoms with Crippen LogP contribution in [0.4, 0.5) is 0 Å². The predicted octanol–water partition coefficient (Wildman–Crippen LogP) is 4.14. The first-order valence-corrected chi connectivity index (χ1v) is 6.70. The Bertz CT molecular complexity index is 609. The summed E-state index contributed by atoms with van der Waals surface area (Å²) in [5.74, 6) is 0. The summed E-state index contributed by atoms with van der Waals surface area (Å²) in [6, 6.07) is 14.0. The molecule has 2 N–H and O–H groups in total. The molecule has 0 bridgehead atoms. The molecule has 3 rings (SSSR count). The van der Waals surface area contributed by atoms with E-state index in [-0.39, 0.29) is 0 Å². The third-order valence-corrected chi connectivity index (χ3v) is 4.46. The Morgan fingerprint density at radius 2 is 1.78 bits per heavy atom. The normalized spacial score (nSPS) is 21.9. The molecule has 92 valence electrons. The minimum absolute atomic E-state index is 0.440. The zero-order valence-corrected chi connectivity index (χ0v) is 11.3. The third-order valence-electron chi connectivity index (χ3n) is 3.72. The highest BCUT2D eigenvalue weighted by atomic mass is 35.5. The van der Waals surface area contributed by atoms with E-state index in [1.165, 1.54) is 11.1 Å². The molecule has 0 amide bonds. The molecular weight excluding hydrogens is 265 g/mol. The fourth-order valence-corrected chi connectivity index (χ4v) is 3.01. The molecule has 1 aliphatic rings. The first-order valence-electron chi connectivity index (χ1n) is 5.94. The van der Waals surface area contributed by atoms with Gasteiger partial charge in [-0.05, 0) is 41.7 Å². The van der Waals surface area contributed by atoms with Gasteiger partial charge >= 0.3 is 0 Å².